The van der Waals surface area contributed by atoms with Crippen LogP contribution in [0.4, 0.5) is 0 Å². The number of phosphoric ester groups is 1. The Labute approximate surface area is 349 Å². The molecule has 2 atom stereocenters. The van der Waals surface area contributed by atoms with E-state index in [2.05, 4.69) is 19.9 Å². The number of carbonyl (C=O) groups is 3. The van der Waals surface area contributed by atoms with Gasteiger partial charge in [-0.2, -0.15) is 0 Å². The molecule has 0 bridgehead atoms. The van der Waals surface area contributed by atoms with E-state index in [1.165, 1.54) is 89.9 Å². The molecule has 0 spiro atoms. The highest BCUT2D eigenvalue weighted by Crippen LogP contribution is 2.38. The number of ether oxygens (including phenoxy) is 2. The average Bonchev–Trinajstić information content (AvgIpc) is 3.15. The molecule has 0 rings (SSSR count). The van der Waals surface area contributed by atoms with Crippen molar-refractivity contribution in [2.45, 2.75) is 206 Å². The predicted octanol–water partition coefficient (Wildman–Crippen LogP) is 11.7. The van der Waals surface area contributed by atoms with Gasteiger partial charge in [0.25, 0.3) is 7.82 Å². The van der Waals surface area contributed by atoms with Crippen LogP contribution >= 0.6 is 7.82 Å². The molecular formula is C46H86NO9P. The van der Waals surface area contributed by atoms with Crippen LogP contribution in [0.1, 0.15) is 200 Å². The van der Waals surface area contributed by atoms with Gasteiger partial charge in [0, 0.05) is 19.3 Å². The van der Waals surface area contributed by atoms with Gasteiger partial charge in [-0.05, 0) is 38.2 Å². The summed E-state index contributed by atoms with van der Waals surface area (Å²) in [4.78, 5) is 49.3. The van der Waals surface area contributed by atoms with E-state index in [-0.39, 0.29) is 31.8 Å². The first-order valence-electron chi connectivity index (χ1n) is 23.0. The summed E-state index contributed by atoms with van der Waals surface area (Å²) in [5.74, 6) is -0.713. The molecule has 0 amide bonds. The van der Waals surface area contributed by atoms with Crippen molar-refractivity contribution in [2.75, 3.05) is 47.5 Å². The zero-order chi connectivity index (χ0) is 42.3. The molecule has 11 heteroatoms. The number of likely N-dealkylation sites (N-methyl/N-ethyl adjacent to an activating group) is 1. The monoisotopic (exact) mass is 828 g/mol. The highest BCUT2D eigenvalue weighted by molar-refractivity contribution is 7.45. The lowest BCUT2D eigenvalue weighted by atomic mass is 10.0. The number of ketones is 1. The molecule has 0 radical (unpaired) electrons. The van der Waals surface area contributed by atoms with Crippen molar-refractivity contribution in [1.29, 1.82) is 0 Å². The fourth-order valence-corrected chi connectivity index (χ4v) is 7.01. The second-order valence-electron chi connectivity index (χ2n) is 16.8. The number of esters is 2. The number of allylic oxidation sites excluding steroid dienone is 4. The van der Waals surface area contributed by atoms with E-state index in [4.69, 9.17) is 18.5 Å². The highest BCUT2D eigenvalue weighted by atomic mass is 31.2. The molecule has 0 aliphatic rings. The first-order chi connectivity index (χ1) is 27.4. The molecule has 57 heavy (non-hydrogen) atoms. The Morgan fingerprint density at radius 3 is 1.56 bits per heavy atom. The molecule has 1 unspecified atom stereocenters. The van der Waals surface area contributed by atoms with Gasteiger partial charge in [-0.1, -0.05) is 167 Å². The minimum Gasteiger partial charge on any atom is -0.756 e. The maximum Gasteiger partial charge on any atom is 0.306 e. The van der Waals surface area contributed by atoms with E-state index >= 15 is 0 Å². The molecule has 0 aromatic carbocycles. The molecule has 0 aromatic heterocycles. The fourth-order valence-electron chi connectivity index (χ4n) is 6.28. The Kier molecular flexibility index (Phi) is 37.1. The van der Waals surface area contributed by atoms with Crippen LogP contribution in [0.5, 0.6) is 0 Å². The highest BCUT2D eigenvalue weighted by Gasteiger charge is 2.21. The fraction of sp³-hybridized carbons (Fsp3) is 0.848. The van der Waals surface area contributed by atoms with Crippen LogP contribution in [0.15, 0.2) is 24.3 Å². The predicted molar refractivity (Wildman–Crippen MR) is 232 cm³/mol. The Morgan fingerprint density at radius 1 is 0.579 bits per heavy atom. The van der Waals surface area contributed by atoms with Gasteiger partial charge in [0.05, 0.1) is 27.7 Å². The van der Waals surface area contributed by atoms with E-state index in [1.807, 2.05) is 33.3 Å². The Hall–Kier alpha value is -1.84. The molecule has 0 N–H and O–H groups in total. The van der Waals surface area contributed by atoms with Crippen LogP contribution in [0.25, 0.3) is 0 Å². The third-order valence-electron chi connectivity index (χ3n) is 9.95. The maximum absolute atomic E-state index is 12.7. The summed E-state index contributed by atoms with van der Waals surface area (Å²) in [6, 6.07) is 0. The third-order valence-corrected chi connectivity index (χ3v) is 10.9. The van der Waals surface area contributed by atoms with Gasteiger partial charge in [-0.25, -0.2) is 0 Å². The van der Waals surface area contributed by atoms with Crippen LogP contribution < -0.4 is 4.89 Å². The lowest BCUT2D eigenvalue weighted by Crippen LogP contribution is -2.37. The van der Waals surface area contributed by atoms with Crippen molar-refractivity contribution >= 4 is 25.5 Å². The molecule has 0 heterocycles. The smallest absolute Gasteiger partial charge is 0.306 e. The summed E-state index contributed by atoms with van der Waals surface area (Å²) in [7, 11) is 1.12. The standard InChI is InChI=1S/C46H86NO9P/c1-6-8-10-11-12-13-14-15-16-17-18-19-20-23-26-29-33-37-45(49)53-41-44(42-55-57(51,52)54-40-39-47(3,4)5)56-46(50)38-34-30-27-24-21-22-25-28-32-36-43(48)35-31-9-7-2/h25,28,32,36,44H,6-24,26-27,29-31,33-35,37-42H2,1-5H3/b28-25-,36-32+/t44-/m1/s1. The van der Waals surface area contributed by atoms with Gasteiger partial charge in [-0.3, -0.25) is 18.9 Å². The molecule has 0 aliphatic carbocycles. The van der Waals surface area contributed by atoms with E-state index in [0.29, 0.717) is 23.9 Å². The number of quaternary nitrogens is 1. The number of nitrogens with zero attached hydrogens (tertiary/aromatic N) is 1. The number of phosphoric acid groups is 1. The molecule has 10 nitrogen and oxygen atoms in total. The van der Waals surface area contributed by atoms with E-state index < -0.39 is 32.5 Å². The minimum atomic E-state index is -4.64. The summed E-state index contributed by atoms with van der Waals surface area (Å²) >= 11 is 0. The maximum atomic E-state index is 12.7. The van der Waals surface area contributed by atoms with E-state index in [1.54, 1.807) is 6.08 Å². The van der Waals surface area contributed by atoms with E-state index in [9.17, 15) is 23.8 Å². The van der Waals surface area contributed by atoms with Crippen molar-refractivity contribution in [2.24, 2.45) is 0 Å². The SMILES string of the molecule is CCCCCCCCCCCCCCCCCCCC(=O)OC[C@H](COP(=O)([O-])OCC[N+](C)(C)C)OC(=O)CCCCCCC/C=C\C=C\C(=O)CCCCC. The number of unbranched alkanes of at least 4 members (excludes halogenated alkanes) is 23. The Balaban J connectivity index is 4.37. The largest absolute Gasteiger partial charge is 0.756 e. The van der Waals surface area contributed by atoms with Gasteiger partial charge < -0.3 is 27.9 Å². The average molecular weight is 828 g/mol. The lowest BCUT2D eigenvalue weighted by molar-refractivity contribution is -0.870. The lowest BCUT2D eigenvalue weighted by Gasteiger charge is -2.28. The summed E-state index contributed by atoms with van der Waals surface area (Å²) in [5.41, 5.74) is 0. The van der Waals surface area contributed by atoms with Gasteiger partial charge in [-0.15, -0.1) is 0 Å². The zero-order valence-electron chi connectivity index (χ0n) is 37.3. The molecule has 0 aliphatic heterocycles. The first-order valence-corrected chi connectivity index (χ1v) is 24.5. The van der Waals surface area contributed by atoms with Crippen molar-refractivity contribution in [3.8, 4) is 0 Å². The van der Waals surface area contributed by atoms with Gasteiger partial charge >= 0.3 is 11.9 Å². The van der Waals surface area contributed by atoms with Gasteiger partial charge in [0.2, 0.25) is 0 Å². The summed E-state index contributed by atoms with van der Waals surface area (Å²) in [6.45, 7) is 4.04. The minimum absolute atomic E-state index is 0.0450. The van der Waals surface area contributed by atoms with Crippen molar-refractivity contribution < 1.29 is 46.8 Å². The van der Waals surface area contributed by atoms with Crippen molar-refractivity contribution in [1.82, 2.24) is 0 Å². The summed E-state index contributed by atoms with van der Waals surface area (Å²) < 4.78 is 33.9. The van der Waals surface area contributed by atoms with Crippen molar-refractivity contribution in [3.05, 3.63) is 24.3 Å². The normalized spacial score (nSPS) is 13.6. The molecule has 0 aromatic rings. The van der Waals surface area contributed by atoms with Crippen LogP contribution in [0.3, 0.4) is 0 Å². The summed E-state index contributed by atoms with van der Waals surface area (Å²) in [6.07, 6.45) is 37.5. The molecule has 0 saturated carbocycles. The quantitative estimate of drug-likeness (QED) is 0.0147. The molecule has 334 valence electrons. The molecule has 0 fully saturated rings. The first kappa shape index (κ1) is 55.2. The van der Waals surface area contributed by atoms with Gasteiger partial charge in [0.1, 0.15) is 19.8 Å². The second kappa shape index (κ2) is 38.4. The number of carbonyl (C=O) groups excluding carboxylic acids is 3. The summed E-state index contributed by atoms with van der Waals surface area (Å²) in [5, 5.41) is 0. The van der Waals surface area contributed by atoms with Crippen LogP contribution in [0, 0.1) is 0 Å². The number of rotatable bonds is 42. The van der Waals surface area contributed by atoms with Crippen LogP contribution in [0.2, 0.25) is 0 Å². The van der Waals surface area contributed by atoms with Gasteiger partial charge in [0.15, 0.2) is 11.9 Å². The number of hydrogen-bond donors (Lipinski definition) is 0. The Bertz CT molecular complexity index is 1090. The molecular weight excluding hydrogens is 741 g/mol. The van der Waals surface area contributed by atoms with Crippen LogP contribution in [-0.2, 0) is 37.5 Å². The zero-order valence-corrected chi connectivity index (χ0v) is 38.2. The second-order valence-corrected chi connectivity index (χ2v) is 18.2. The van der Waals surface area contributed by atoms with Crippen molar-refractivity contribution in [3.63, 3.8) is 0 Å². The Morgan fingerprint density at radius 2 is 1.04 bits per heavy atom. The van der Waals surface area contributed by atoms with E-state index in [0.717, 1.165) is 70.6 Å². The third kappa shape index (κ3) is 42.1. The topological polar surface area (TPSA) is 128 Å². The number of hydrogen-bond acceptors (Lipinski definition) is 9. The van der Waals surface area contributed by atoms with Crippen LogP contribution in [-0.4, -0.2) is 75.8 Å². The molecule has 0 saturated heterocycles.